The molecular weight excluding hydrogens is 128 g/mol. The molecule has 5 N–H and O–H groups in total. The Morgan fingerprint density at radius 2 is 1.70 bits per heavy atom. The van der Waals surface area contributed by atoms with Crippen molar-refractivity contribution in [3.8, 4) is 0 Å². The molecule has 1 aromatic rings. The van der Waals surface area contributed by atoms with E-state index in [4.69, 9.17) is 5.73 Å². The summed E-state index contributed by atoms with van der Waals surface area (Å²) in [4.78, 5) is 10.1. The van der Waals surface area contributed by atoms with Crippen LogP contribution in [0.2, 0.25) is 0 Å². The third kappa shape index (κ3) is 1.87. The molecule has 0 aliphatic rings. The lowest BCUT2D eigenvalue weighted by Crippen LogP contribution is -1.84. The molecule has 0 bridgehead atoms. The highest BCUT2D eigenvalue weighted by Gasteiger charge is 1.85. The second-order valence-corrected chi connectivity index (χ2v) is 1.78. The summed E-state index contributed by atoms with van der Waals surface area (Å²) in [5.74, 6) is 0. The summed E-state index contributed by atoms with van der Waals surface area (Å²) in [5, 5.41) is 0. The van der Waals surface area contributed by atoms with E-state index in [0.29, 0.717) is 11.3 Å². The third-order valence-electron chi connectivity index (χ3n) is 1.07. The molecule has 0 radical (unpaired) electrons. The molecule has 3 heteroatoms. The van der Waals surface area contributed by atoms with E-state index in [1.165, 1.54) is 0 Å². The Balaban J connectivity index is 0.000000810. The molecule has 1 aromatic carbocycles. The van der Waals surface area contributed by atoms with Gasteiger partial charge >= 0.3 is 0 Å². The minimum Gasteiger partial charge on any atom is -0.399 e. The molecule has 0 atom stereocenters. The van der Waals surface area contributed by atoms with E-state index in [1.807, 2.05) is 0 Å². The van der Waals surface area contributed by atoms with Gasteiger partial charge in [0, 0.05) is 11.3 Å². The highest BCUT2D eigenvalue weighted by molar-refractivity contribution is 5.75. The van der Waals surface area contributed by atoms with Crippen LogP contribution in [0.4, 0.5) is 5.69 Å². The van der Waals surface area contributed by atoms with Crippen LogP contribution in [0.5, 0.6) is 0 Å². The van der Waals surface area contributed by atoms with Crippen LogP contribution in [-0.4, -0.2) is 6.29 Å². The third-order valence-corrected chi connectivity index (χ3v) is 1.07. The van der Waals surface area contributed by atoms with Gasteiger partial charge in [0.15, 0.2) is 0 Å². The summed E-state index contributed by atoms with van der Waals surface area (Å²) in [5.41, 5.74) is 6.70. The molecule has 10 heavy (non-hydrogen) atoms. The van der Waals surface area contributed by atoms with E-state index in [2.05, 4.69) is 0 Å². The van der Waals surface area contributed by atoms with E-state index < -0.39 is 0 Å². The Morgan fingerprint density at radius 1 is 1.20 bits per heavy atom. The number of anilines is 1. The molecule has 3 nitrogen and oxygen atoms in total. The van der Waals surface area contributed by atoms with Gasteiger partial charge < -0.3 is 11.9 Å². The molecular formula is C7H10N2O. The average molecular weight is 138 g/mol. The minimum absolute atomic E-state index is 0. The van der Waals surface area contributed by atoms with Crippen molar-refractivity contribution in [2.75, 3.05) is 5.73 Å². The number of nitrogens with two attached hydrogens (primary N) is 1. The van der Waals surface area contributed by atoms with Crippen LogP contribution in [0.1, 0.15) is 10.4 Å². The first kappa shape index (κ1) is 8.65. The quantitative estimate of drug-likeness (QED) is 0.452. The average Bonchev–Trinajstić information content (AvgIpc) is 1.90. The number of hydrogen-bond donors (Lipinski definition) is 2. The zero-order valence-corrected chi connectivity index (χ0v) is 5.58. The molecule has 0 aliphatic heterocycles. The molecule has 1 rings (SSSR count). The Bertz CT molecular complexity index is 205. The fourth-order valence-electron chi connectivity index (χ4n) is 0.575. The highest BCUT2D eigenvalue weighted by atomic mass is 16.1. The van der Waals surface area contributed by atoms with Crippen molar-refractivity contribution in [3.05, 3.63) is 29.8 Å². The maximum absolute atomic E-state index is 10.1. The second-order valence-electron chi connectivity index (χ2n) is 1.78. The van der Waals surface area contributed by atoms with Crippen LogP contribution in [0.25, 0.3) is 0 Å². The van der Waals surface area contributed by atoms with Gasteiger partial charge in [-0.1, -0.05) is 0 Å². The molecule has 0 aromatic heterocycles. The summed E-state index contributed by atoms with van der Waals surface area (Å²) < 4.78 is 0. The summed E-state index contributed by atoms with van der Waals surface area (Å²) in [6.45, 7) is 0. The van der Waals surface area contributed by atoms with Gasteiger partial charge in [0.1, 0.15) is 6.29 Å². The smallest absolute Gasteiger partial charge is 0.150 e. The lowest BCUT2D eigenvalue weighted by atomic mass is 10.2. The lowest BCUT2D eigenvalue weighted by Gasteiger charge is -1.89. The minimum atomic E-state index is 0. The lowest BCUT2D eigenvalue weighted by molar-refractivity contribution is 0.112. The Labute approximate surface area is 59.4 Å². The van der Waals surface area contributed by atoms with Gasteiger partial charge in [-0.3, -0.25) is 4.79 Å². The van der Waals surface area contributed by atoms with Crippen LogP contribution < -0.4 is 11.9 Å². The van der Waals surface area contributed by atoms with E-state index >= 15 is 0 Å². The SMILES string of the molecule is N.Nc1ccc(C=O)cc1. The number of carbonyl (C=O) groups is 1. The van der Waals surface area contributed by atoms with Crippen LogP contribution >= 0.6 is 0 Å². The standard InChI is InChI=1S/C7H7NO.H3N/c8-7-3-1-6(5-9)2-4-7;/h1-5H,8H2;1H3. The molecule has 54 valence electrons. The Morgan fingerprint density at radius 3 is 2.10 bits per heavy atom. The largest absolute Gasteiger partial charge is 0.399 e. The number of aldehydes is 1. The van der Waals surface area contributed by atoms with Gasteiger partial charge in [-0.05, 0) is 24.3 Å². The first-order chi connectivity index (χ1) is 4.33. The molecule has 0 amide bonds. The monoisotopic (exact) mass is 138 g/mol. The van der Waals surface area contributed by atoms with Crippen LogP contribution in [0, 0.1) is 0 Å². The summed E-state index contributed by atoms with van der Waals surface area (Å²) in [7, 11) is 0. The molecule has 0 spiro atoms. The van der Waals surface area contributed by atoms with Crippen LogP contribution in [-0.2, 0) is 0 Å². The zero-order chi connectivity index (χ0) is 6.69. The summed E-state index contributed by atoms with van der Waals surface area (Å²) in [6.07, 6.45) is 0.791. The van der Waals surface area contributed by atoms with E-state index in [1.54, 1.807) is 24.3 Å². The number of nitrogen functional groups attached to an aromatic ring is 1. The zero-order valence-electron chi connectivity index (χ0n) is 5.58. The van der Waals surface area contributed by atoms with Gasteiger partial charge in [-0.2, -0.15) is 0 Å². The molecule has 0 saturated carbocycles. The predicted octanol–water partition coefficient (Wildman–Crippen LogP) is 1.24. The van der Waals surface area contributed by atoms with Gasteiger partial charge in [-0.25, -0.2) is 0 Å². The number of hydrogen-bond acceptors (Lipinski definition) is 3. The first-order valence-corrected chi connectivity index (χ1v) is 2.63. The van der Waals surface area contributed by atoms with Crippen molar-refractivity contribution in [1.82, 2.24) is 6.15 Å². The van der Waals surface area contributed by atoms with Gasteiger partial charge in [-0.15, -0.1) is 0 Å². The fourth-order valence-corrected chi connectivity index (χ4v) is 0.575. The second kappa shape index (κ2) is 3.63. The maximum atomic E-state index is 10.1. The van der Waals surface area contributed by atoms with Crippen LogP contribution in [0.15, 0.2) is 24.3 Å². The number of carbonyl (C=O) groups excluding carboxylic acids is 1. The summed E-state index contributed by atoms with van der Waals surface area (Å²) in [6, 6.07) is 6.76. The molecule has 0 unspecified atom stereocenters. The van der Waals surface area contributed by atoms with Crippen molar-refractivity contribution in [3.63, 3.8) is 0 Å². The van der Waals surface area contributed by atoms with Crippen molar-refractivity contribution >= 4 is 12.0 Å². The summed E-state index contributed by atoms with van der Waals surface area (Å²) >= 11 is 0. The van der Waals surface area contributed by atoms with Crippen LogP contribution in [0.3, 0.4) is 0 Å². The predicted molar refractivity (Wildman–Crippen MR) is 41.3 cm³/mol. The highest BCUT2D eigenvalue weighted by Crippen LogP contribution is 2.01. The van der Waals surface area contributed by atoms with Crippen molar-refractivity contribution in [1.29, 1.82) is 0 Å². The van der Waals surface area contributed by atoms with Gasteiger partial charge in [0.2, 0.25) is 0 Å². The Hall–Kier alpha value is -1.35. The number of benzene rings is 1. The maximum Gasteiger partial charge on any atom is 0.150 e. The first-order valence-electron chi connectivity index (χ1n) is 2.63. The molecule has 0 fully saturated rings. The fraction of sp³-hybridized carbons (Fsp3) is 0. The van der Waals surface area contributed by atoms with E-state index in [0.717, 1.165) is 6.29 Å². The number of rotatable bonds is 1. The molecule has 0 heterocycles. The van der Waals surface area contributed by atoms with Gasteiger partial charge in [0.25, 0.3) is 0 Å². The van der Waals surface area contributed by atoms with Crippen molar-refractivity contribution in [2.45, 2.75) is 0 Å². The van der Waals surface area contributed by atoms with E-state index in [9.17, 15) is 4.79 Å². The van der Waals surface area contributed by atoms with E-state index in [-0.39, 0.29) is 6.15 Å². The Kier molecular flexibility index (Phi) is 3.14. The van der Waals surface area contributed by atoms with Crippen molar-refractivity contribution < 1.29 is 4.79 Å². The molecule has 0 aliphatic carbocycles. The van der Waals surface area contributed by atoms with Gasteiger partial charge in [0.05, 0.1) is 0 Å². The molecule has 0 saturated heterocycles. The van der Waals surface area contributed by atoms with Crippen molar-refractivity contribution in [2.24, 2.45) is 0 Å². The normalized spacial score (nSPS) is 8.00. The topological polar surface area (TPSA) is 78.1 Å².